The Morgan fingerprint density at radius 1 is 0.414 bits per heavy atom. The van der Waals surface area contributed by atoms with Crippen molar-refractivity contribution in [2.24, 2.45) is 0 Å². The minimum absolute atomic E-state index is 0.658. The van der Waals surface area contributed by atoms with Crippen LogP contribution in [0.1, 0.15) is 22.4 Å². The number of anilines is 3. The van der Waals surface area contributed by atoms with Crippen LogP contribution < -0.4 is 20.8 Å². The predicted octanol–water partition coefficient (Wildman–Crippen LogP) is 11.6. The van der Waals surface area contributed by atoms with Crippen LogP contribution >= 0.6 is 7.14 Å². The number of hydrogen-bond acceptors (Lipinski definition) is 4. The van der Waals surface area contributed by atoms with Crippen LogP contribution in [0.4, 0.5) is 17.1 Å². The third-order valence-electron chi connectivity index (χ3n) is 11.8. The van der Waals surface area contributed by atoms with Gasteiger partial charge in [-0.15, -0.1) is 0 Å². The van der Waals surface area contributed by atoms with Crippen molar-refractivity contribution in [1.29, 1.82) is 0 Å². The second-order valence-corrected chi connectivity index (χ2v) is 17.6. The molecule has 274 valence electrons. The second-order valence-electron chi connectivity index (χ2n) is 14.8. The number of para-hydroxylation sites is 3. The van der Waals surface area contributed by atoms with Crippen LogP contribution in [0.5, 0.6) is 0 Å². The molecule has 0 amide bonds. The van der Waals surface area contributed by atoms with Gasteiger partial charge < -0.3 is 9.46 Å². The van der Waals surface area contributed by atoms with E-state index in [9.17, 15) is 0 Å². The molecule has 4 nitrogen and oxygen atoms in total. The zero-order valence-electron chi connectivity index (χ0n) is 31.5. The first kappa shape index (κ1) is 34.1. The zero-order valence-corrected chi connectivity index (χ0v) is 32.4. The Labute approximate surface area is 338 Å². The topological polar surface area (TPSA) is 46.1 Å². The molecule has 0 saturated heterocycles. The number of fused-ring (bicyclic) bond motifs is 9. The van der Waals surface area contributed by atoms with E-state index in [4.69, 9.17) is 9.97 Å². The van der Waals surface area contributed by atoms with E-state index in [2.05, 4.69) is 132 Å². The lowest BCUT2D eigenvalue weighted by molar-refractivity contribution is 0.592. The molecule has 0 N–H and O–H groups in total. The van der Waals surface area contributed by atoms with E-state index in [1.807, 2.05) is 91.0 Å². The molecule has 0 fully saturated rings. The molecule has 0 atom stereocenters. The summed E-state index contributed by atoms with van der Waals surface area (Å²) in [7, 11) is -3.18. The summed E-state index contributed by atoms with van der Waals surface area (Å²) in [6.07, 6.45) is 0. The molecule has 2 aliphatic rings. The van der Waals surface area contributed by atoms with Gasteiger partial charge >= 0.3 is 0 Å². The Balaban J connectivity index is 1.20. The van der Waals surface area contributed by atoms with Gasteiger partial charge in [-0.2, -0.15) is 0 Å². The Morgan fingerprint density at radius 3 is 1.47 bits per heavy atom. The number of rotatable bonds is 6. The van der Waals surface area contributed by atoms with Crippen LogP contribution in [0.25, 0.3) is 33.8 Å². The summed E-state index contributed by atoms with van der Waals surface area (Å²) in [4.78, 5) is 13.5. The fraction of sp³-hybridized carbons (Fsp3) is 0.0189. The van der Waals surface area contributed by atoms with Crippen molar-refractivity contribution < 1.29 is 4.57 Å². The summed E-state index contributed by atoms with van der Waals surface area (Å²) >= 11 is 0. The van der Waals surface area contributed by atoms with Crippen molar-refractivity contribution >= 4 is 40.1 Å². The maximum Gasteiger partial charge on any atom is 0.171 e. The van der Waals surface area contributed by atoms with Crippen molar-refractivity contribution in [2.75, 3.05) is 4.90 Å². The van der Waals surface area contributed by atoms with Crippen molar-refractivity contribution in [3.63, 3.8) is 0 Å². The van der Waals surface area contributed by atoms with Gasteiger partial charge in [0.05, 0.1) is 28.2 Å². The molecule has 58 heavy (non-hydrogen) atoms. The number of benzene rings is 8. The molecule has 1 aliphatic heterocycles. The summed E-state index contributed by atoms with van der Waals surface area (Å²) in [5, 5.41) is 2.38. The number of hydrogen-bond donors (Lipinski definition) is 0. The van der Waals surface area contributed by atoms with Gasteiger partial charge in [0.2, 0.25) is 0 Å². The molecule has 8 aromatic carbocycles. The van der Waals surface area contributed by atoms with Crippen LogP contribution in [-0.2, 0) is 9.98 Å². The van der Waals surface area contributed by atoms with Crippen LogP contribution in [0.2, 0.25) is 0 Å². The van der Waals surface area contributed by atoms with Crippen molar-refractivity contribution in [3.05, 3.63) is 241 Å². The zero-order chi connectivity index (χ0) is 38.7. The third kappa shape index (κ3) is 4.99. The number of aromatic nitrogens is 2. The van der Waals surface area contributed by atoms with E-state index in [0.717, 1.165) is 77.7 Å². The van der Waals surface area contributed by atoms with E-state index in [1.165, 1.54) is 5.56 Å². The van der Waals surface area contributed by atoms with Gasteiger partial charge in [-0.3, -0.25) is 0 Å². The van der Waals surface area contributed by atoms with Gasteiger partial charge in [-0.25, -0.2) is 9.97 Å². The standard InChI is InChI=1S/C53H36N3OP/c57-58(40-23-9-3-10-24-40,41-25-11-4-12-26-41)42-35-33-37(34-36-42)50-49-43-27-13-14-28-44(43)53(51(49)55-52(54-50)38-19-5-1-6-20-38)45-29-15-17-31-47(45)56(39-21-7-2-8-22-39)48-32-18-16-30-46(48)53/h1-36H. The third-order valence-corrected chi connectivity index (χ3v) is 14.8. The van der Waals surface area contributed by atoms with Gasteiger partial charge in [0, 0.05) is 38.3 Å². The predicted molar refractivity (Wildman–Crippen MR) is 238 cm³/mol. The van der Waals surface area contributed by atoms with E-state index in [-0.39, 0.29) is 0 Å². The maximum atomic E-state index is 15.4. The lowest BCUT2D eigenvalue weighted by atomic mass is 9.66. The summed E-state index contributed by atoms with van der Waals surface area (Å²) in [5.41, 5.74) is 11.8. The SMILES string of the molecule is O=P(c1ccccc1)(c1ccccc1)c1ccc(-c2nc(-c3ccccc3)nc3c2-c2ccccc2C32c3ccccc3N(c3ccccc3)c3ccccc32)cc1. The van der Waals surface area contributed by atoms with Crippen molar-refractivity contribution in [3.8, 4) is 33.8 Å². The molecule has 0 radical (unpaired) electrons. The Bertz CT molecular complexity index is 2930. The molecule has 2 heterocycles. The molecule has 1 aliphatic carbocycles. The highest BCUT2D eigenvalue weighted by molar-refractivity contribution is 7.85. The van der Waals surface area contributed by atoms with Gasteiger partial charge in [0.15, 0.2) is 13.0 Å². The average molecular weight is 762 g/mol. The summed E-state index contributed by atoms with van der Waals surface area (Å²) in [6.45, 7) is 0. The summed E-state index contributed by atoms with van der Waals surface area (Å²) in [5.74, 6) is 0.658. The van der Waals surface area contributed by atoms with Crippen LogP contribution in [0.3, 0.4) is 0 Å². The first-order valence-electron chi connectivity index (χ1n) is 19.6. The Hall–Kier alpha value is -7.13. The molecule has 0 bridgehead atoms. The highest BCUT2D eigenvalue weighted by Crippen LogP contribution is 2.64. The highest BCUT2D eigenvalue weighted by atomic mass is 31.2. The van der Waals surface area contributed by atoms with E-state index >= 15 is 4.57 Å². The van der Waals surface area contributed by atoms with Gasteiger partial charge in [0.25, 0.3) is 0 Å². The van der Waals surface area contributed by atoms with Crippen molar-refractivity contribution in [1.82, 2.24) is 9.97 Å². The van der Waals surface area contributed by atoms with Gasteiger partial charge in [-0.1, -0.05) is 194 Å². The second kappa shape index (κ2) is 13.5. The normalized spacial score (nSPS) is 13.3. The Kier molecular flexibility index (Phi) is 7.96. The Morgan fingerprint density at radius 2 is 0.879 bits per heavy atom. The van der Waals surface area contributed by atoms with Gasteiger partial charge in [0.1, 0.15) is 0 Å². The van der Waals surface area contributed by atoms with E-state index < -0.39 is 12.6 Å². The van der Waals surface area contributed by atoms with Crippen LogP contribution in [-0.4, -0.2) is 9.97 Å². The minimum Gasteiger partial charge on any atom is -0.310 e. The first-order chi connectivity index (χ1) is 28.7. The summed E-state index contributed by atoms with van der Waals surface area (Å²) in [6, 6.07) is 75.1. The van der Waals surface area contributed by atoms with E-state index in [1.54, 1.807) is 0 Å². The lowest BCUT2D eigenvalue weighted by Gasteiger charge is -2.44. The largest absolute Gasteiger partial charge is 0.310 e. The average Bonchev–Trinajstić information content (AvgIpc) is 3.60. The minimum atomic E-state index is -3.18. The molecule has 0 unspecified atom stereocenters. The van der Waals surface area contributed by atoms with Crippen LogP contribution in [0.15, 0.2) is 218 Å². The molecule has 5 heteroatoms. The molecule has 11 rings (SSSR count). The molecule has 9 aromatic rings. The van der Waals surface area contributed by atoms with Crippen molar-refractivity contribution in [2.45, 2.75) is 5.41 Å². The molecule has 0 saturated carbocycles. The van der Waals surface area contributed by atoms with Gasteiger partial charge in [-0.05, 0) is 46.5 Å². The molecular formula is C53H36N3OP. The monoisotopic (exact) mass is 761 g/mol. The number of nitrogens with zero attached hydrogens (tertiary/aromatic N) is 3. The first-order valence-corrected chi connectivity index (χ1v) is 21.3. The van der Waals surface area contributed by atoms with E-state index in [0.29, 0.717) is 5.82 Å². The molecule has 1 aromatic heterocycles. The molecular weight excluding hydrogens is 726 g/mol. The quantitative estimate of drug-likeness (QED) is 0.158. The molecule has 1 spiro atoms. The fourth-order valence-corrected chi connectivity index (χ4v) is 11.9. The fourth-order valence-electron chi connectivity index (χ4n) is 9.27. The maximum absolute atomic E-state index is 15.4. The smallest absolute Gasteiger partial charge is 0.171 e. The highest BCUT2D eigenvalue weighted by Gasteiger charge is 2.54. The summed E-state index contributed by atoms with van der Waals surface area (Å²) < 4.78 is 15.4. The lowest BCUT2D eigenvalue weighted by Crippen LogP contribution is -2.37. The van der Waals surface area contributed by atoms with Crippen LogP contribution in [0, 0.1) is 0 Å².